The number of nitrogens with zero attached hydrogens (tertiary/aromatic N) is 1. The van der Waals surface area contributed by atoms with Gasteiger partial charge in [-0.15, -0.1) is 0 Å². The Kier molecular flexibility index (Phi) is 6.73. The first-order chi connectivity index (χ1) is 10.8. The van der Waals surface area contributed by atoms with Crippen LogP contribution in [0.15, 0.2) is 18.2 Å². The van der Waals surface area contributed by atoms with Gasteiger partial charge in [-0.3, -0.25) is 4.32 Å². The summed E-state index contributed by atoms with van der Waals surface area (Å²) in [6.07, 6.45) is 0. The zero-order chi connectivity index (χ0) is 18.9. The monoisotopic (exact) mass is 350 g/mol. The largest absolute Gasteiger partial charge is 0.544 e. The lowest BCUT2D eigenvalue weighted by molar-refractivity contribution is 0.339. The van der Waals surface area contributed by atoms with Gasteiger partial charge < -0.3 is 9.70 Å². The fourth-order valence-corrected chi connectivity index (χ4v) is 6.34. The van der Waals surface area contributed by atoms with Crippen molar-refractivity contribution in [1.82, 2.24) is 4.48 Å². The molecule has 0 saturated heterocycles. The van der Waals surface area contributed by atoms with Crippen LogP contribution in [0.25, 0.3) is 0 Å². The number of halogens is 1. The summed E-state index contributed by atoms with van der Waals surface area (Å²) in [4.78, 5) is 0. The molecule has 0 aromatic heterocycles. The SMILES string of the molecule is CC(C)c1cccc(C(C)C)c1NB(F)N(C(C)(C)C)[Si](C)(C)C. The Hall–Kier alpha value is -0.808. The second-order valence-corrected chi connectivity index (χ2v) is 14.1. The molecule has 0 unspecified atom stereocenters. The maximum atomic E-state index is 15.5. The van der Waals surface area contributed by atoms with Crippen molar-refractivity contribution in [3.05, 3.63) is 29.3 Å². The van der Waals surface area contributed by atoms with E-state index in [1.165, 1.54) is 11.1 Å². The fraction of sp³-hybridized carbons (Fsp3) is 0.684. The highest BCUT2D eigenvalue weighted by molar-refractivity contribution is 6.82. The van der Waals surface area contributed by atoms with Crippen molar-refractivity contribution in [2.75, 3.05) is 5.23 Å². The van der Waals surface area contributed by atoms with Crippen LogP contribution >= 0.6 is 0 Å². The molecule has 0 aliphatic heterocycles. The first-order valence-electron chi connectivity index (χ1n) is 9.09. The Bertz CT molecular complexity index is 507. The average Bonchev–Trinajstić information content (AvgIpc) is 2.34. The van der Waals surface area contributed by atoms with E-state index in [-0.39, 0.29) is 5.54 Å². The summed E-state index contributed by atoms with van der Waals surface area (Å²) in [5, 5.41) is 3.25. The Morgan fingerprint density at radius 3 is 1.71 bits per heavy atom. The number of para-hydroxylation sites is 1. The predicted octanol–water partition coefficient (Wildman–Crippen LogP) is 6.24. The third kappa shape index (κ3) is 5.09. The maximum absolute atomic E-state index is 15.5. The third-order valence-corrected chi connectivity index (χ3v) is 6.65. The van der Waals surface area contributed by atoms with E-state index in [1.54, 1.807) is 0 Å². The van der Waals surface area contributed by atoms with Crippen LogP contribution in [0, 0.1) is 0 Å². The van der Waals surface area contributed by atoms with Crippen LogP contribution in [0.4, 0.5) is 10.0 Å². The smallest absolute Gasteiger partial charge is 0.385 e. The van der Waals surface area contributed by atoms with Crippen LogP contribution in [0.1, 0.15) is 71.4 Å². The fourth-order valence-electron chi connectivity index (χ4n) is 3.59. The molecular formula is C19H36BFN2Si. The number of rotatable bonds is 6. The molecule has 0 amide bonds. The van der Waals surface area contributed by atoms with Crippen LogP contribution in [0.5, 0.6) is 0 Å². The van der Waals surface area contributed by atoms with Crippen molar-refractivity contribution < 1.29 is 4.32 Å². The maximum Gasteiger partial charge on any atom is 0.544 e. The van der Waals surface area contributed by atoms with E-state index in [2.05, 4.69) is 91.5 Å². The van der Waals surface area contributed by atoms with E-state index < -0.39 is 15.5 Å². The minimum absolute atomic E-state index is 0.221. The van der Waals surface area contributed by atoms with Crippen LogP contribution < -0.4 is 5.23 Å². The van der Waals surface area contributed by atoms with Crippen molar-refractivity contribution in [1.29, 1.82) is 0 Å². The molecule has 2 nitrogen and oxygen atoms in total. The first kappa shape index (κ1) is 21.2. The standard InChI is InChI=1S/C19H36BFN2Si/c1-14(2)16-12-11-13-17(15(3)4)18(16)22-20(21)23(19(5,6)7)24(8,9)10/h11-15,22H,1-10H3. The van der Waals surface area contributed by atoms with Gasteiger partial charge in [0.25, 0.3) is 0 Å². The van der Waals surface area contributed by atoms with Gasteiger partial charge in [0.2, 0.25) is 0 Å². The summed E-state index contributed by atoms with van der Waals surface area (Å²) < 4.78 is 17.5. The van der Waals surface area contributed by atoms with Gasteiger partial charge in [-0.25, -0.2) is 0 Å². The Morgan fingerprint density at radius 1 is 1.00 bits per heavy atom. The van der Waals surface area contributed by atoms with Crippen LogP contribution in [0.3, 0.4) is 0 Å². The quantitative estimate of drug-likeness (QED) is 0.611. The average molecular weight is 350 g/mol. The molecule has 24 heavy (non-hydrogen) atoms. The van der Waals surface area contributed by atoms with E-state index in [4.69, 9.17) is 0 Å². The van der Waals surface area contributed by atoms with E-state index in [1.807, 2.05) is 4.48 Å². The van der Waals surface area contributed by atoms with Gasteiger partial charge in [-0.1, -0.05) is 65.5 Å². The van der Waals surface area contributed by atoms with E-state index in [9.17, 15) is 0 Å². The van der Waals surface area contributed by atoms with Gasteiger partial charge in [0.15, 0.2) is 0 Å². The van der Waals surface area contributed by atoms with E-state index in [0.29, 0.717) is 11.8 Å². The second-order valence-electron chi connectivity index (χ2n) is 9.31. The summed E-state index contributed by atoms with van der Waals surface area (Å²) in [5.74, 6) is 0.710. The van der Waals surface area contributed by atoms with Gasteiger partial charge in [0.1, 0.15) is 8.24 Å². The number of hydrogen-bond acceptors (Lipinski definition) is 2. The van der Waals surface area contributed by atoms with Gasteiger partial charge in [-0.2, -0.15) is 0 Å². The molecule has 136 valence electrons. The Labute approximate surface area is 150 Å². The molecule has 1 aromatic rings. The zero-order valence-electron chi connectivity index (χ0n) is 17.3. The topological polar surface area (TPSA) is 15.3 Å². The first-order valence-corrected chi connectivity index (χ1v) is 12.5. The summed E-state index contributed by atoms with van der Waals surface area (Å²) in [5.41, 5.74) is 3.13. The minimum Gasteiger partial charge on any atom is -0.385 e. The van der Waals surface area contributed by atoms with Crippen molar-refractivity contribution >= 4 is 21.2 Å². The summed E-state index contributed by atoms with van der Waals surface area (Å²) in [7, 11) is -3.02. The van der Waals surface area contributed by atoms with Gasteiger partial charge in [0.05, 0.1) is 0 Å². The van der Waals surface area contributed by atoms with Crippen molar-refractivity contribution in [2.45, 2.75) is 85.5 Å². The van der Waals surface area contributed by atoms with Crippen molar-refractivity contribution in [3.63, 3.8) is 0 Å². The zero-order valence-corrected chi connectivity index (χ0v) is 18.3. The molecule has 0 heterocycles. The molecule has 0 radical (unpaired) electrons. The lowest BCUT2D eigenvalue weighted by Gasteiger charge is -2.45. The molecule has 0 aliphatic rings. The lowest BCUT2D eigenvalue weighted by atomic mass is 9.89. The van der Waals surface area contributed by atoms with Crippen LogP contribution in [0.2, 0.25) is 19.6 Å². The summed E-state index contributed by atoms with van der Waals surface area (Å²) in [6, 6.07) is 6.31. The number of nitrogens with one attached hydrogen (secondary N) is 1. The molecule has 0 bridgehead atoms. The van der Waals surface area contributed by atoms with Gasteiger partial charge >= 0.3 is 7.26 Å². The van der Waals surface area contributed by atoms with Crippen LogP contribution in [-0.4, -0.2) is 25.5 Å². The number of anilines is 1. The van der Waals surface area contributed by atoms with E-state index in [0.717, 1.165) is 5.69 Å². The normalized spacial score (nSPS) is 13.1. The third-order valence-electron chi connectivity index (χ3n) is 4.31. The molecule has 1 N–H and O–H groups in total. The van der Waals surface area contributed by atoms with Crippen molar-refractivity contribution in [2.24, 2.45) is 0 Å². The molecule has 0 spiro atoms. The molecule has 5 heteroatoms. The molecular weight excluding hydrogens is 314 g/mol. The highest BCUT2D eigenvalue weighted by atomic mass is 28.3. The van der Waals surface area contributed by atoms with E-state index >= 15 is 4.32 Å². The van der Waals surface area contributed by atoms with Crippen molar-refractivity contribution in [3.8, 4) is 0 Å². The number of benzene rings is 1. The summed E-state index contributed by atoms with van der Waals surface area (Å²) in [6.45, 7) is 21.5. The molecule has 1 rings (SSSR count). The van der Waals surface area contributed by atoms with Crippen LogP contribution in [-0.2, 0) is 0 Å². The molecule has 0 saturated carbocycles. The summed E-state index contributed by atoms with van der Waals surface area (Å²) >= 11 is 0. The van der Waals surface area contributed by atoms with Gasteiger partial charge in [-0.05, 0) is 49.3 Å². The highest BCUT2D eigenvalue weighted by Gasteiger charge is 2.42. The molecule has 0 aliphatic carbocycles. The minimum atomic E-state index is -1.83. The predicted molar refractivity (Wildman–Crippen MR) is 110 cm³/mol. The second kappa shape index (κ2) is 7.61. The molecule has 0 fully saturated rings. The molecule has 0 atom stereocenters. The Morgan fingerprint density at radius 2 is 1.42 bits per heavy atom. The highest BCUT2D eigenvalue weighted by Crippen LogP contribution is 2.34. The Balaban J connectivity index is 3.33. The number of hydrogen-bond donors (Lipinski definition) is 1. The van der Waals surface area contributed by atoms with Gasteiger partial charge in [0, 0.05) is 5.69 Å². The molecule has 1 aromatic carbocycles. The lowest BCUT2D eigenvalue weighted by Crippen LogP contribution is -2.63.